The van der Waals surface area contributed by atoms with Crippen LogP contribution in [0.15, 0.2) is 71.0 Å². The molecule has 2 aromatic carbocycles. The van der Waals surface area contributed by atoms with Crippen molar-refractivity contribution < 1.29 is 4.79 Å². The summed E-state index contributed by atoms with van der Waals surface area (Å²) in [6.07, 6.45) is -0.699. The predicted octanol–water partition coefficient (Wildman–Crippen LogP) is 4.62. The van der Waals surface area contributed by atoms with Crippen molar-refractivity contribution in [1.29, 1.82) is 0 Å². The van der Waals surface area contributed by atoms with Crippen molar-refractivity contribution in [2.24, 2.45) is 4.99 Å². The van der Waals surface area contributed by atoms with Gasteiger partial charge in [0.1, 0.15) is 5.82 Å². The third-order valence-electron chi connectivity index (χ3n) is 5.05. The van der Waals surface area contributed by atoms with E-state index in [-0.39, 0.29) is 6.03 Å². The molecule has 1 unspecified atom stereocenters. The molecule has 0 saturated heterocycles. The molecule has 0 saturated carbocycles. The predicted molar refractivity (Wildman–Crippen MR) is 122 cm³/mol. The van der Waals surface area contributed by atoms with E-state index < -0.39 is 6.17 Å². The Morgan fingerprint density at radius 2 is 1.90 bits per heavy atom. The Balaban J connectivity index is 1.57. The Labute approximate surface area is 183 Å². The number of nitrogens with one attached hydrogen (secondary N) is 2. The summed E-state index contributed by atoms with van der Waals surface area (Å²) in [5.74, 6) is 1.30. The molecule has 3 heterocycles. The number of urea groups is 1. The molecule has 2 amide bonds. The van der Waals surface area contributed by atoms with Gasteiger partial charge in [0, 0.05) is 11.3 Å². The lowest BCUT2D eigenvalue weighted by molar-refractivity contribution is 0.248. The van der Waals surface area contributed by atoms with Crippen molar-refractivity contribution in [3.05, 3.63) is 93.7 Å². The molecule has 7 nitrogen and oxygen atoms in total. The number of aliphatic imine (C=N–C) groups is 1. The minimum absolute atomic E-state index is 0.358. The van der Waals surface area contributed by atoms with E-state index in [0.717, 1.165) is 38.9 Å². The Bertz CT molecular complexity index is 1290. The standard InChI is InChI=1S/C23H20N6OS/c1-14-7-5-8-16(13-14)24-23(30)26-21-22-28-27-15(2)29(22)18-10-4-3-9-17(18)20(25-21)19-11-6-12-31-19/h3-13,21H,1-2H3,(H2,24,26,30). The number of amides is 2. The largest absolute Gasteiger partial charge is 0.321 e. The van der Waals surface area contributed by atoms with Gasteiger partial charge >= 0.3 is 6.03 Å². The first-order valence-electron chi connectivity index (χ1n) is 9.88. The number of carbonyl (C=O) groups is 1. The molecule has 1 aliphatic heterocycles. The van der Waals surface area contributed by atoms with Crippen molar-refractivity contribution in [3.63, 3.8) is 0 Å². The Hall–Kier alpha value is -3.78. The number of hydrogen-bond donors (Lipinski definition) is 2. The van der Waals surface area contributed by atoms with Crippen LogP contribution in [0, 0.1) is 13.8 Å². The quantitative estimate of drug-likeness (QED) is 0.499. The lowest BCUT2D eigenvalue weighted by Gasteiger charge is -2.15. The molecule has 0 radical (unpaired) electrons. The van der Waals surface area contributed by atoms with Gasteiger partial charge in [-0.3, -0.25) is 9.56 Å². The molecule has 0 aliphatic carbocycles. The molecule has 2 aromatic heterocycles. The van der Waals surface area contributed by atoms with Crippen LogP contribution in [0.2, 0.25) is 0 Å². The van der Waals surface area contributed by atoms with Gasteiger partial charge in [-0.2, -0.15) is 0 Å². The van der Waals surface area contributed by atoms with Crippen molar-refractivity contribution in [2.45, 2.75) is 20.0 Å². The molecule has 1 atom stereocenters. The monoisotopic (exact) mass is 428 g/mol. The number of nitrogens with zero attached hydrogens (tertiary/aromatic N) is 4. The summed E-state index contributed by atoms with van der Waals surface area (Å²) in [5, 5.41) is 16.5. The van der Waals surface area contributed by atoms with Gasteiger partial charge in [-0.1, -0.05) is 36.4 Å². The number of aryl methyl sites for hydroxylation is 2. The molecule has 1 aliphatic rings. The number of carbonyl (C=O) groups excluding carboxylic acids is 1. The molecule has 0 fully saturated rings. The molecule has 5 rings (SSSR count). The smallest absolute Gasteiger partial charge is 0.309 e. The highest BCUT2D eigenvalue weighted by Gasteiger charge is 2.29. The fourth-order valence-electron chi connectivity index (χ4n) is 3.70. The van der Waals surface area contributed by atoms with E-state index in [4.69, 9.17) is 4.99 Å². The fourth-order valence-corrected chi connectivity index (χ4v) is 4.43. The minimum atomic E-state index is -0.699. The fraction of sp³-hybridized carbons (Fsp3) is 0.130. The third-order valence-corrected chi connectivity index (χ3v) is 5.93. The molecule has 2 N–H and O–H groups in total. The van der Waals surface area contributed by atoms with Crippen LogP contribution in [-0.2, 0) is 0 Å². The first kappa shape index (κ1) is 19.2. The van der Waals surface area contributed by atoms with Crippen LogP contribution in [-0.4, -0.2) is 26.5 Å². The maximum Gasteiger partial charge on any atom is 0.321 e. The summed E-state index contributed by atoms with van der Waals surface area (Å²) in [7, 11) is 0. The van der Waals surface area contributed by atoms with Crippen LogP contribution in [0.25, 0.3) is 5.69 Å². The number of para-hydroxylation sites is 1. The van der Waals surface area contributed by atoms with Gasteiger partial charge in [-0.25, -0.2) is 4.79 Å². The van der Waals surface area contributed by atoms with E-state index in [1.54, 1.807) is 11.3 Å². The Morgan fingerprint density at radius 3 is 2.71 bits per heavy atom. The van der Waals surface area contributed by atoms with Crippen molar-refractivity contribution in [1.82, 2.24) is 20.1 Å². The number of rotatable bonds is 3. The van der Waals surface area contributed by atoms with E-state index in [1.165, 1.54) is 0 Å². The zero-order valence-corrected chi connectivity index (χ0v) is 17.9. The highest BCUT2D eigenvalue weighted by atomic mass is 32.1. The van der Waals surface area contributed by atoms with Crippen molar-refractivity contribution in [2.75, 3.05) is 5.32 Å². The molecule has 31 heavy (non-hydrogen) atoms. The maximum absolute atomic E-state index is 12.8. The number of fused-ring (bicyclic) bond motifs is 3. The SMILES string of the molecule is Cc1cccc(NC(=O)NC2N=C(c3cccs3)c3ccccc3-n3c(C)nnc32)c1. The lowest BCUT2D eigenvalue weighted by atomic mass is 10.1. The van der Waals surface area contributed by atoms with Crippen molar-refractivity contribution >= 4 is 28.8 Å². The summed E-state index contributed by atoms with van der Waals surface area (Å²) < 4.78 is 1.96. The van der Waals surface area contributed by atoms with Gasteiger partial charge in [-0.05, 0) is 49.1 Å². The van der Waals surface area contributed by atoms with Gasteiger partial charge in [0.25, 0.3) is 0 Å². The van der Waals surface area contributed by atoms with E-state index in [0.29, 0.717) is 5.82 Å². The summed E-state index contributed by atoms with van der Waals surface area (Å²) in [4.78, 5) is 18.8. The lowest BCUT2D eigenvalue weighted by Crippen LogP contribution is -2.33. The van der Waals surface area contributed by atoms with Gasteiger partial charge in [-0.15, -0.1) is 21.5 Å². The molecule has 0 bridgehead atoms. The summed E-state index contributed by atoms with van der Waals surface area (Å²) in [5.41, 5.74) is 4.51. The number of anilines is 1. The third kappa shape index (κ3) is 3.62. The Kier molecular flexibility index (Phi) is 4.83. The molecule has 8 heteroatoms. The van der Waals surface area contributed by atoms with E-state index >= 15 is 0 Å². The van der Waals surface area contributed by atoms with Gasteiger partial charge in [0.2, 0.25) is 0 Å². The van der Waals surface area contributed by atoms with Crippen LogP contribution in [0.5, 0.6) is 0 Å². The minimum Gasteiger partial charge on any atom is -0.309 e. The second-order valence-electron chi connectivity index (χ2n) is 7.28. The molecule has 154 valence electrons. The van der Waals surface area contributed by atoms with Crippen LogP contribution in [0.3, 0.4) is 0 Å². The molecular weight excluding hydrogens is 408 g/mol. The average Bonchev–Trinajstić information content (AvgIpc) is 3.39. The van der Waals surface area contributed by atoms with Crippen LogP contribution in [0.4, 0.5) is 10.5 Å². The van der Waals surface area contributed by atoms with Crippen LogP contribution >= 0.6 is 11.3 Å². The normalized spacial score (nSPS) is 14.8. The van der Waals surface area contributed by atoms with Crippen molar-refractivity contribution in [3.8, 4) is 5.69 Å². The highest BCUT2D eigenvalue weighted by Crippen LogP contribution is 2.30. The van der Waals surface area contributed by atoms with Gasteiger partial charge < -0.3 is 10.6 Å². The zero-order chi connectivity index (χ0) is 21.4. The number of thiophene rings is 1. The molecular formula is C23H20N6OS. The summed E-state index contributed by atoms with van der Waals surface area (Å²) >= 11 is 1.61. The highest BCUT2D eigenvalue weighted by molar-refractivity contribution is 7.12. The molecule has 4 aromatic rings. The first-order chi connectivity index (χ1) is 15.1. The Morgan fingerprint density at radius 1 is 1.03 bits per heavy atom. The van der Waals surface area contributed by atoms with Gasteiger partial charge in [0.15, 0.2) is 12.0 Å². The van der Waals surface area contributed by atoms with E-state index in [9.17, 15) is 4.79 Å². The number of benzene rings is 2. The zero-order valence-electron chi connectivity index (χ0n) is 17.0. The number of aromatic nitrogens is 3. The van der Waals surface area contributed by atoms with E-state index in [2.05, 4.69) is 20.8 Å². The summed E-state index contributed by atoms with van der Waals surface area (Å²) in [6.45, 7) is 3.88. The second-order valence-corrected chi connectivity index (χ2v) is 8.23. The number of hydrogen-bond acceptors (Lipinski definition) is 5. The maximum atomic E-state index is 12.8. The van der Waals surface area contributed by atoms with E-state index in [1.807, 2.05) is 84.5 Å². The topological polar surface area (TPSA) is 84.2 Å². The van der Waals surface area contributed by atoms with Crippen LogP contribution < -0.4 is 10.6 Å². The first-order valence-corrected chi connectivity index (χ1v) is 10.8. The molecule has 0 spiro atoms. The average molecular weight is 429 g/mol. The van der Waals surface area contributed by atoms with Crippen LogP contribution in [0.1, 0.15) is 33.8 Å². The summed E-state index contributed by atoms with van der Waals surface area (Å²) in [6, 6.07) is 19.3. The second kappa shape index (κ2) is 7.81. The van der Waals surface area contributed by atoms with Gasteiger partial charge in [0.05, 0.1) is 16.3 Å².